The molecule has 6 heteroatoms. The molecule has 0 aromatic heterocycles. The third-order valence-corrected chi connectivity index (χ3v) is 3.22. The molecule has 1 rings (SSSR count). The fourth-order valence-electron chi connectivity index (χ4n) is 1.72. The summed E-state index contributed by atoms with van der Waals surface area (Å²) in [6, 6.07) is 5.39. The van der Waals surface area contributed by atoms with Gasteiger partial charge in [-0.05, 0) is 24.6 Å². The Bertz CT molecular complexity index is 479. The average molecular weight is 300 g/mol. The molecule has 0 unspecified atom stereocenters. The Balaban J connectivity index is 3.02. The number of nitrogens with zero attached hydrogens (tertiary/aromatic N) is 1. The van der Waals surface area contributed by atoms with E-state index in [1.165, 1.54) is 0 Å². The molecule has 0 aliphatic rings. The van der Waals surface area contributed by atoms with Gasteiger partial charge in [0.1, 0.15) is 4.99 Å². The van der Waals surface area contributed by atoms with Gasteiger partial charge in [0.15, 0.2) is 0 Å². The monoisotopic (exact) mass is 299 g/mol. The van der Waals surface area contributed by atoms with Crippen molar-refractivity contribution in [2.45, 2.75) is 13.3 Å². The molecule has 0 spiro atoms. The highest BCUT2D eigenvalue weighted by Crippen LogP contribution is 2.27. The molecule has 1 amide bonds. The number of carbonyl (C=O) groups excluding carboxylic acids is 1. The molecule has 1 aromatic rings. The van der Waals surface area contributed by atoms with Gasteiger partial charge in [0.05, 0.1) is 17.3 Å². The van der Waals surface area contributed by atoms with Crippen molar-refractivity contribution in [2.75, 3.05) is 25.0 Å². The van der Waals surface area contributed by atoms with Crippen LogP contribution in [-0.2, 0) is 4.79 Å². The first-order chi connectivity index (χ1) is 8.99. The summed E-state index contributed by atoms with van der Waals surface area (Å²) in [5.74, 6) is -0.0528. The summed E-state index contributed by atoms with van der Waals surface area (Å²) in [4.78, 5) is 13.8. The minimum absolute atomic E-state index is 0.0528. The number of benzene rings is 1. The molecule has 1 aromatic carbocycles. The number of halogens is 1. The summed E-state index contributed by atoms with van der Waals surface area (Å²) >= 11 is 11.2. The molecule has 3 N–H and O–H groups in total. The highest BCUT2D eigenvalue weighted by Gasteiger charge is 2.13. The van der Waals surface area contributed by atoms with Crippen molar-refractivity contribution in [1.29, 1.82) is 0 Å². The zero-order valence-corrected chi connectivity index (χ0v) is 12.6. The minimum atomic E-state index is -0.0528. The van der Waals surface area contributed by atoms with Gasteiger partial charge in [-0.1, -0.05) is 30.7 Å². The lowest BCUT2D eigenvalue weighted by atomic mass is 10.2. The summed E-state index contributed by atoms with van der Waals surface area (Å²) in [5, 5.41) is 3.15. The number of likely N-dealkylation sites (N-methyl/N-ethyl adjacent to an activating group) is 1. The number of anilines is 1. The van der Waals surface area contributed by atoms with Crippen LogP contribution in [0.5, 0.6) is 0 Å². The standard InChI is InChI=1S/C13H18ClN3OS/c1-3-6-17(8-12(18)16-2)11-5-4-9(13(15)19)7-10(11)14/h4-5,7H,3,6,8H2,1-2H3,(H2,15,19)(H,16,18). The zero-order valence-electron chi connectivity index (χ0n) is 11.1. The third kappa shape index (κ3) is 4.36. The molecule has 104 valence electrons. The molecule has 4 nitrogen and oxygen atoms in total. The molecule has 0 aliphatic heterocycles. The van der Waals surface area contributed by atoms with Crippen LogP contribution in [0.15, 0.2) is 18.2 Å². The Labute approximate surface area is 123 Å². The fraction of sp³-hybridized carbons (Fsp3) is 0.385. The van der Waals surface area contributed by atoms with E-state index in [9.17, 15) is 4.79 Å². The summed E-state index contributed by atoms with van der Waals surface area (Å²) in [7, 11) is 1.62. The van der Waals surface area contributed by atoms with Crippen LogP contribution in [0.3, 0.4) is 0 Å². The van der Waals surface area contributed by atoms with Crippen LogP contribution in [0.4, 0.5) is 5.69 Å². The van der Waals surface area contributed by atoms with Crippen LogP contribution in [0.25, 0.3) is 0 Å². The lowest BCUT2D eigenvalue weighted by Gasteiger charge is -2.24. The molecular weight excluding hydrogens is 282 g/mol. The Morgan fingerprint density at radius 3 is 2.68 bits per heavy atom. The molecular formula is C13H18ClN3OS. The van der Waals surface area contributed by atoms with Gasteiger partial charge >= 0.3 is 0 Å². The molecule has 19 heavy (non-hydrogen) atoms. The van der Waals surface area contributed by atoms with Crippen molar-refractivity contribution in [2.24, 2.45) is 5.73 Å². The molecule has 0 saturated heterocycles. The summed E-state index contributed by atoms with van der Waals surface area (Å²) in [6.07, 6.45) is 0.921. The van der Waals surface area contributed by atoms with Gasteiger partial charge in [0.25, 0.3) is 0 Å². The van der Waals surface area contributed by atoms with Crippen LogP contribution in [0.2, 0.25) is 5.02 Å². The van der Waals surface area contributed by atoms with E-state index >= 15 is 0 Å². The topological polar surface area (TPSA) is 58.4 Å². The number of nitrogens with one attached hydrogen (secondary N) is 1. The van der Waals surface area contributed by atoms with Gasteiger partial charge in [0, 0.05) is 19.2 Å². The SMILES string of the molecule is CCCN(CC(=O)NC)c1ccc(C(N)=S)cc1Cl. The smallest absolute Gasteiger partial charge is 0.239 e. The number of carbonyl (C=O) groups is 1. The van der Waals surface area contributed by atoms with Crippen molar-refractivity contribution in [3.05, 3.63) is 28.8 Å². The predicted molar refractivity (Wildman–Crippen MR) is 83.9 cm³/mol. The Morgan fingerprint density at radius 2 is 2.21 bits per heavy atom. The van der Waals surface area contributed by atoms with Gasteiger partial charge in [-0.2, -0.15) is 0 Å². The highest BCUT2D eigenvalue weighted by molar-refractivity contribution is 7.80. The van der Waals surface area contributed by atoms with Gasteiger partial charge < -0.3 is 16.0 Å². The van der Waals surface area contributed by atoms with Crippen LogP contribution in [0.1, 0.15) is 18.9 Å². The maximum Gasteiger partial charge on any atom is 0.239 e. The average Bonchev–Trinajstić information content (AvgIpc) is 2.37. The van der Waals surface area contributed by atoms with Crippen LogP contribution < -0.4 is 16.0 Å². The van der Waals surface area contributed by atoms with Gasteiger partial charge in [0.2, 0.25) is 5.91 Å². The van der Waals surface area contributed by atoms with Crippen LogP contribution in [0, 0.1) is 0 Å². The van der Waals surface area contributed by atoms with Gasteiger partial charge in [-0.25, -0.2) is 0 Å². The predicted octanol–water partition coefficient (Wildman–Crippen LogP) is 1.94. The maximum absolute atomic E-state index is 11.5. The normalized spacial score (nSPS) is 10.1. The molecule has 0 fully saturated rings. The lowest BCUT2D eigenvalue weighted by molar-refractivity contribution is -0.119. The van der Waals surface area contributed by atoms with Crippen molar-refractivity contribution >= 4 is 40.4 Å². The first-order valence-corrected chi connectivity index (χ1v) is 6.83. The fourth-order valence-corrected chi connectivity index (χ4v) is 2.15. The summed E-state index contributed by atoms with van der Waals surface area (Å²) in [6.45, 7) is 3.07. The molecule has 0 atom stereocenters. The molecule has 0 heterocycles. The maximum atomic E-state index is 11.5. The molecule has 0 bridgehead atoms. The lowest BCUT2D eigenvalue weighted by Crippen LogP contribution is -2.36. The van der Waals surface area contributed by atoms with E-state index in [0.717, 1.165) is 24.2 Å². The van der Waals surface area contributed by atoms with E-state index in [1.54, 1.807) is 13.1 Å². The quantitative estimate of drug-likeness (QED) is 0.788. The van der Waals surface area contributed by atoms with Crippen molar-refractivity contribution in [3.63, 3.8) is 0 Å². The van der Waals surface area contributed by atoms with Crippen LogP contribution >= 0.6 is 23.8 Å². The molecule has 0 radical (unpaired) electrons. The second-order valence-corrected chi connectivity index (χ2v) is 4.97. The number of amides is 1. The van der Waals surface area contributed by atoms with Crippen molar-refractivity contribution in [3.8, 4) is 0 Å². The first kappa shape index (κ1) is 15.7. The Kier molecular flexibility index (Phi) is 6.05. The number of thiocarbonyl (C=S) groups is 1. The van der Waals surface area contributed by atoms with E-state index in [-0.39, 0.29) is 12.5 Å². The Hall–Kier alpha value is -1.33. The van der Waals surface area contributed by atoms with Crippen molar-refractivity contribution < 1.29 is 4.79 Å². The number of nitrogens with two attached hydrogens (primary N) is 1. The van der Waals surface area contributed by atoms with E-state index < -0.39 is 0 Å². The van der Waals surface area contributed by atoms with E-state index in [1.807, 2.05) is 24.0 Å². The Morgan fingerprint density at radius 1 is 1.53 bits per heavy atom. The number of rotatable bonds is 6. The van der Waals surface area contributed by atoms with Gasteiger partial charge in [-0.3, -0.25) is 4.79 Å². The second kappa shape index (κ2) is 7.31. The largest absolute Gasteiger partial charge is 0.389 e. The first-order valence-electron chi connectivity index (χ1n) is 6.04. The number of hydrogen-bond acceptors (Lipinski definition) is 3. The highest BCUT2D eigenvalue weighted by atomic mass is 35.5. The molecule has 0 aliphatic carbocycles. The second-order valence-electron chi connectivity index (χ2n) is 4.13. The van der Waals surface area contributed by atoms with Crippen LogP contribution in [-0.4, -0.2) is 31.0 Å². The van der Waals surface area contributed by atoms with E-state index in [0.29, 0.717) is 10.0 Å². The van der Waals surface area contributed by atoms with E-state index in [4.69, 9.17) is 29.6 Å². The van der Waals surface area contributed by atoms with E-state index in [2.05, 4.69) is 5.32 Å². The van der Waals surface area contributed by atoms with Gasteiger partial charge in [-0.15, -0.1) is 0 Å². The zero-order chi connectivity index (χ0) is 14.4. The molecule has 0 saturated carbocycles. The van der Waals surface area contributed by atoms with Crippen molar-refractivity contribution in [1.82, 2.24) is 5.32 Å². The third-order valence-electron chi connectivity index (χ3n) is 2.68. The summed E-state index contributed by atoms with van der Waals surface area (Å²) in [5.41, 5.74) is 7.10. The minimum Gasteiger partial charge on any atom is -0.389 e. The summed E-state index contributed by atoms with van der Waals surface area (Å²) < 4.78 is 0. The number of hydrogen-bond donors (Lipinski definition) is 2.